The van der Waals surface area contributed by atoms with Crippen LogP contribution in [-0.4, -0.2) is 36.8 Å². The van der Waals surface area contributed by atoms with Crippen LogP contribution in [0.3, 0.4) is 0 Å². The average Bonchev–Trinajstić information content (AvgIpc) is 3.01. The van der Waals surface area contributed by atoms with Crippen LogP contribution in [-0.2, 0) is 0 Å². The van der Waals surface area contributed by atoms with Gasteiger partial charge in [-0.05, 0) is 70.1 Å². The first-order valence-corrected chi connectivity index (χ1v) is 16.3. The molecule has 0 aromatic rings. The van der Waals surface area contributed by atoms with Gasteiger partial charge in [-0.15, -0.1) is 0 Å². The highest BCUT2D eigenvalue weighted by molar-refractivity contribution is 6.03. The number of nitrogens with zero attached hydrogens (tertiary/aromatic N) is 3. The van der Waals surface area contributed by atoms with Gasteiger partial charge in [-0.25, -0.2) is 0 Å². The SMILES string of the molecule is C=C(/C=C(C#N)\C=C/CCC)CCC.CC.CC.C\C=C(C(/C(C)=N/C=C/CC)=C(/C)N1CCNCC1)\C(C)CC. The van der Waals surface area contributed by atoms with Gasteiger partial charge in [0.1, 0.15) is 0 Å². The van der Waals surface area contributed by atoms with Crippen molar-refractivity contribution in [1.29, 1.82) is 5.26 Å². The molecule has 4 heteroatoms. The van der Waals surface area contributed by atoms with Crippen LogP contribution in [0.5, 0.6) is 0 Å². The number of rotatable bonds is 13. The molecule has 1 heterocycles. The fraction of sp³-hybridized carbons (Fsp3) is 0.622. The minimum atomic E-state index is 0.549. The molecular formula is C37H66N4. The second-order valence-corrected chi connectivity index (χ2v) is 9.57. The zero-order valence-corrected chi connectivity index (χ0v) is 29.2. The van der Waals surface area contributed by atoms with E-state index in [1.54, 1.807) is 0 Å². The second-order valence-electron chi connectivity index (χ2n) is 9.57. The molecule has 0 bridgehead atoms. The lowest BCUT2D eigenvalue weighted by Gasteiger charge is -2.33. The molecular weight excluding hydrogens is 500 g/mol. The van der Waals surface area contributed by atoms with Crippen molar-refractivity contribution in [2.75, 3.05) is 26.2 Å². The maximum atomic E-state index is 8.83. The molecule has 1 rings (SSSR count). The van der Waals surface area contributed by atoms with Crippen LogP contribution in [0.4, 0.5) is 0 Å². The van der Waals surface area contributed by atoms with E-state index in [0.29, 0.717) is 11.5 Å². The summed E-state index contributed by atoms with van der Waals surface area (Å²) in [5.74, 6) is 0.549. The monoisotopic (exact) mass is 567 g/mol. The Labute approximate surface area is 256 Å². The fourth-order valence-corrected chi connectivity index (χ4v) is 4.18. The molecule has 1 N–H and O–H groups in total. The number of hydrogen-bond donors (Lipinski definition) is 1. The van der Waals surface area contributed by atoms with Crippen molar-refractivity contribution in [3.63, 3.8) is 0 Å². The molecule has 1 fully saturated rings. The zero-order valence-electron chi connectivity index (χ0n) is 29.2. The molecule has 41 heavy (non-hydrogen) atoms. The molecule has 4 nitrogen and oxygen atoms in total. The Morgan fingerprint density at radius 2 is 1.63 bits per heavy atom. The van der Waals surface area contributed by atoms with Crippen molar-refractivity contribution in [3.8, 4) is 6.07 Å². The van der Waals surface area contributed by atoms with Crippen LogP contribution in [0.1, 0.15) is 122 Å². The van der Waals surface area contributed by atoms with Crippen molar-refractivity contribution in [2.24, 2.45) is 10.9 Å². The smallest absolute Gasteiger partial charge is 0.0991 e. The summed E-state index contributed by atoms with van der Waals surface area (Å²) in [6.45, 7) is 33.7. The molecule has 1 saturated heterocycles. The van der Waals surface area contributed by atoms with Gasteiger partial charge in [0.25, 0.3) is 0 Å². The Bertz CT molecular complexity index is 884. The van der Waals surface area contributed by atoms with Crippen LogP contribution in [0.25, 0.3) is 0 Å². The van der Waals surface area contributed by atoms with Gasteiger partial charge < -0.3 is 10.2 Å². The minimum absolute atomic E-state index is 0.549. The topological polar surface area (TPSA) is 51.4 Å². The predicted octanol–water partition coefficient (Wildman–Crippen LogP) is 10.7. The highest BCUT2D eigenvalue weighted by Gasteiger charge is 2.20. The summed E-state index contributed by atoms with van der Waals surface area (Å²) in [5.41, 5.74) is 6.99. The Kier molecular flexibility index (Phi) is 31.7. The Morgan fingerprint density at radius 1 is 1.02 bits per heavy atom. The summed E-state index contributed by atoms with van der Waals surface area (Å²) < 4.78 is 0. The van der Waals surface area contributed by atoms with Crippen molar-refractivity contribution >= 4 is 5.71 Å². The third-order valence-corrected chi connectivity index (χ3v) is 6.48. The van der Waals surface area contributed by atoms with Crippen LogP contribution < -0.4 is 5.32 Å². The van der Waals surface area contributed by atoms with E-state index in [0.717, 1.165) is 76.0 Å². The molecule has 0 aromatic carbocycles. The highest BCUT2D eigenvalue weighted by atomic mass is 15.2. The third-order valence-electron chi connectivity index (χ3n) is 6.48. The summed E-state index contributed by atoms with van der Waals surface area (Å²) in [6.07, 6.45) is 18.5. The van der Waals surface area contributed by atoms with Gasteiger partial charge in [-0.3, -0.25) is 4.99 Å². The van der Waals surface area contributed by atoms with E-state index >= 15 is 0 Å². The number of allylic oxidation sites excluding steroid dienone is 10. The van der Waals surface area contributed by atoms with Gasteiger partial charge in [0.15, 0.2) is 0 Å². The molecule has 0 aromatic heterocycles. The quantitative estimate of drug-likeness (QED) is 0.137. The van der Waals surface area contributed by atoms with E-state index in [9.17, 15) is 0 Å². The highest BCUT2D eigenvalue weighted by Crippen LogP contribution is 2.28. The van der Waals surface area contributed by atoms with Gasteiger partial charge in [0, 0.05) is 49.4 Å². The summed E-state index contributed by atoms with van der Waals surface area (Å²) in [6, 6.07) is 2.16. The van der Waals surface area contributed by atoms with E-state index in [1.165, 1.54) is 16.8 Å². The maximum Gasteiger partial charge on any atom is 0.0991 e. The summed E-state index contributed by atoms with van der Waals surface area (Å²) in [5, 5.41) is 12.3. The van der Waals surface area contributed by atoms with Crippen molar-refractivity contribution < 1.29 is 0 Å². The normalized spacial score (nSPS) is 15.5. The van der Waals surface area contributed by atoms with Gasteiger partial charge >= 0.3 is 0 Å². The summed E-state index contributed by atoms with van der Waals surface area (Å²) >= 11 is 0. The molecule has 0 saturated carbocycles. The van der Waals surface area contributed by atoms with Crippen molar-refractivity contribution in [3.05, 3.63) is 71.1 Å². The molecule has 0 amide bonds. The number of hydrogen-bond acceptors (Lipinski definition) is 4. The maximum absolute atomic E-state index is 8.83. The number of nitrogens with one attached hydrogen (secondary N) is 1. The van der Waals surface area contributed by atoms with Gasteiger partial charge in [-0.1, -0.05) is 106 Å². The Balaban J connectivity index is -0.000000688. The van der Waals surface area contributed by atoms with E-state index in [4.69, 9.17) is 10.3 Å². The molecule has 0 aliphatic carbocycles. The van der Waals surface area contributed by atoms with Gasteiger partial charge in [0.2, 0.25) is 0 Å². The van der Waals surface area contributed by atoms with E-state index in [2.05, 4.69) is 90.4 Å². The van der Waals surface area contributed by atoms with E-state index < -0.39 is 0 Å². The second kappa shape index (κ2) is 30.3. The van der Waals surface area contributed by atoms with Crippen LogP contribution in [0.2, 0.25) is 0 Å². The Hall–Kier alpha value is -2.64. The molecule has 1 aliphatic heterocycles. The molecule has 0 spiro atoms. The average molecular weight is 567 g/mol. The predicted molar refractivity (Wildman–Crippen MR) is 187 cm³/mol. The third kappa shape index (κ3) is 20.0. The van der Waals surface area contributed by atoms with E-state index in [-0.39, 0.29) is 0 Å². The number of unbranched alkanes of at least 4 members (excludes halogenated alkanes) is 1. The molecule has 234 valence electrons. The fourth-order valence-electron chi connectivity index (χ4n) is 4.18. The lowest BCUT2D eigenvalue weighted by Crippen LogP contribution is -2.43. The minimum Gasteiger partial charge on any atom is -0.372 e. The van der Waals surface area contributed by atoms with Crippen molar-refractivity contribution in [1.82, 2.24) is 10.2 Å². The van der Waals surface area contributed by atoms with Crippen molar-refractivity contribution in [2.45, 2.75) is 122 Å². The lowest BCUT2D eigenvalue weighted by atomic mass is 9.87. The number of nitriles is 1. The van der Waals surface area contributed by atoms with Crippen LogP contribution in [0, 0.1) is 17.2 Å². The first-order valence-electron chi connectivity index (χ1n) is 16.3. The summed E-state index contributed by atoms with van der Waals surface area (Å²) in [4.78, 5) is 7.21. The largest absolute Gasteiger partial charge is 0.372 e. The first kappa shape index (κ1) is 42.8. The molecule has 1 atom stereocenters. The molecule has 0 radical (unpaired) electrons. The van der Waals surface area contributed by atoms with Crippen LogP contribution in [0.15, 0.2) is 76.1 Å². The number of piperazine rings is 1. The van der Waals surface area contributed by atoms with Gasteiger partial charge in [-0.2, -0.15) is 5.26 Å². The number of aliphatic imine (C=N–C) groups is 1. The lowest BCUT2D eigenvalue weighted by molar-refractivity contribution is 0.298. The zero-order chi connectivity index (χ0) is 32.1. The first-order chi connectivity index (χ1) is 19.8. The Morgan fingerprint density at radius 3 is 2.10 bits per heavy atom. The summed E-state index contributed by atoms with van der Waals surface area (Å²) in [7, 11) is 0. The van der Waals surface area contributed by atoms with Crippen LogP contribution >= 0.6 is 0 Å². The van der Waals surface area contributed by atoms with E-state index in [1.807, 2.05) is 52.1 Å². The standard InChI is InChI=1S/C20H35N3.C13H19N.2C2H6/c1-7-10-11-22-17(5)20(19(9-3)16(4)8-2)18(6)23-14-12-21-13-15-23;1-4-6-7-9-13(11-14)10-12(3)8-5-2;2*1-2/h9-11,16,21H,7-8,12-15H2,1-6H3;7,9-10H,3-6,8H2,1-2H3;2*1-2H3/b11-10+,19-9-,20-18-,22-17+;9-7-,13-10+;;. The molecule has 1 aliphatic rings. The van der Waals surface area contributed by atoms with Gasteiger partial charge in [0.05, 0.1) is 11.6 Å². The molecule has 1 unspecified atom stereocenters.